The van der Waals surface area contributed by atoms with Gasteiger partial charge in [0.2, 0.25) is 15.9 Å². The van der Waals surface area contributed by atoms with Crippen LogP contribution in [0.2, 0.25) is 0 Å². The van der Waals surface area contributed by atoms with Gasteiger partial charge in [-0.2, -0.15) is 0 Å². The number of amides is 1. The van der Waals surface area contributed by atoms with Gasteiger partial charge < -0.3 is 10.0 Å². The number of rotatable bonds is 8. The van der Waals surface area contributed by atoms with E-state index in [1.54, 1.807) is 4.90 Å². The van der Waals surface area contributed by atoms with Gasteiger partial charge in [0, 0.05) is 32.0 Å². The van der Waals surface area contributed by atoms with Gasteiger partial charge in [0.25, 0.3) is 0 Å². The fraction of sp³-hybridized carbons (Fsp3) is 0.529. The van der Waals surface area contributed by atoms with Gasteiger partial charge in [0.1, 0.15) is 5.82 Å². The van der Waals surface area contributed by atoms with E-state index in [1.165, 1.54) is 18.2 Å². The molecule has 0 aromatic heterocycles. The zero-order valence-electron chi connectivity index (χ0n) is 14.4. The Morgan fingerprint density at radius 3 is 2.69 bits per heavy atom. The Balaban J connectivity index is 1.89. The van der Waals surface area contributed by atoms with Crippen molar-refractivity contribution in [3.05, 3.63) is 30.1 Å². The van der Waals surface area contributed by atoms with Crippen molar-refractivity contribution in [1.29, 1.82) is 0 Å². The number of benzene rings is 1. The van der Waals surface area contributed by atoms with E-state index in [1.807, 2.05) is 0 Å². The Bertz CT molecular complexity index is 753. The molecular weight excluding hydrogens is 363 g/mol. The Labute approximate surface area is 152 Å². The molecule has 1 heterocycles. The smallest absolute Gasteiger partial charge is 0.303 e. The molecule has 1 unspecified atom stereocenters. The number of nitrogens with one attached hydrogen (secondary N) is 1. The normalized spacial score (nSPS) is 17.9. The first kappa shape index (κ1) is 20.3. The molecule has 1 aromatic carbocycles. The second-order valence-electron chi connectivity index (χ2n) is 6.36. The number of likely N-dealkylation sites (tertiary alicyclic amines) is 1. The SMILES string of the molecule is O=C(O)CCCCC(=O)N1CCCC(NS(=O)(=O)c2cccc(F)c2)C1. The van der Waals surface area contributed by atoms with Crippen molar-refractivity contribution in [2.75, 3.05) is 13.1 Å². The number of carboxylic acid groups (broad SMARTS) is 1. The van der Waals surface area contributed by atoms with E-state index in [9.17, 15) is 22.4 Å². The summed E-state index contributed by atoms with van der Waals surface area (Å²) < 4.78 is 40.5. The minimum atomic E-state index is -3.86. The summed E-state index contributed by atoms with van der Waals surface area (Å²) in [6.45, 7) is 0.808. The summed E-state index contributed by atoms with van der Waals surface area (Å²) in [5, 5.41) is 8.60. The van der Waals surface area contributed by atoms with Crippen LogP contribution in [0.15, 0.2) is 29.2 Å². The number of unbranched alkanes of at least 4 members (excludes halogenated alkanes) is 1. The number of hydrogen-bond acceptors (Lipinski definition) is 4. The summed E-state index contributed by atoms with van der Waals surface area (Å²) in [4.78, 5) is 24.2. The fourth-order valence-corrected chi connectivity index (χ4v) is 4.22. The predicted octanol–water partition coefficient (Wildman–Crippen LogP) is 1.74. The van der Waals surface area contributed by atoms with E-state index in [2.05, 4.69) is 4.72 Å². The summed E-state index contributed by atoms with van der Waals surface area (Å²) >= 11 is 0. The number of carbonyl (C=O) groups is 2. The molecule has 1 aliphatic heterocycles. The highest BCUT2D eigenvalue weighted by Gasteiger charge is 2.27. The highest BCUT2D eigenvalue weighted by molar-refractivity contribution is 7.89. The van der Waals surface area contributed by atoms with E-state index < -0.39 is 27.9 Å². The van der Waals surface area contributed by atoms with Crippen LogP contribution in [0.3, 0.4) is 0 Å². The lowest BCUT2D eigenvalue weighted by atomic mass is 10.1. The van der Waals surface area contributed by atoms with Crippen LogP contribution in [-0.2, 0) is 19.6 Å². The van der Waals surface area contributed by atoms with Crippen molar-refractivity contribution in [1.82, 2.24) is 9.62 Å². The summed E-state index contributed by atoms with van der Waals surface area (Å²) in [5.41, 5.74) is 0. The minimum Gasteiger partial charge on any atom is -0.481 e. The molecule has 1 atom stereocenters. The van der Waals surface area contributed by atoms with Gasteiger partial charge in [-0.25, -0.2) is 17.5 Å². The van der Waals surface area contributed by atoms with Gasteiger partial charge in [-0.1, -0.05) is 6.07 Å². The van der Waals surface area contributed by atoms with Gasteiger partial charge >= 0.3 is 5.97 Å². The third kappa shape index (κ3) is 6.06. The van der Waals surface area contributed by atoms with Gasteiger partial charge in [-0.3, -0.25) is 9.59 Å². The highest BCUT2D eigenvalue weighted by atomic mass is 32.2. The van der Waals surface area contributed by atoms with Crippen LogP contribution < -0.4 is 4.72 Å². The number of carbonyl (C=O) groups excluding carboxylic acids is 1. The van der Waals surface area contributed by atoms with Crippen LogP contribution in [0.4, 0.5) is 4.39 Å². The summed E-state index contributed by atoms with van der Waals surface area (Å²) in [6.07, 6.45) is 2.46. The number of hydrogen-bond donors (Lipinski definition) is 2. The van der Waals surface area contributed by atoms with Crippen molar-refractivity contribution >= 4 is 21.9 Å². The maximum Gasteiger partial charge on any atom is 0.303 e. The monoisotopic (exact) mass is 386 g/mol. The Kier molecular flexibility index (Phi) is 7.10. The molecule has 7 nitrogen and oxygen atoms in total. The maximum absolute atomic E-state index is 13.3. The van der Waals surface area contributed by atoms with Crippen LogP contribution in [0.1, 0.15) is 38.5 Å². The third-order valence-corrected chi connectivity index (χ3v) is 5.75. The average Bonchev–Trinajstić information content (AvgIpc) is 2.58. The zero-order valence-corrected chi connectivity index (χ0v) is 15.2. The minimum absolute atomic E-state index is 0.0311. The summed E-state index contributed by atoms with van der Waals surface area (Å²) in [5.74, 6) is -1.62. The molecule has 9 heteroatoms. The molecule has 26 heavy (non-hydrogen) atoms. The summed E-state index contributed by atoms with van der Waals surface area (Å²) in [7, 11) is -3.86. The Morgan fingerprint density at radius 2 is 2.00 bits per heavy atom. The van der Waals surface area contributed by atoms with E-state index in [-0.39, 0.29) is 30.2 Å². The van der Waals surface area contributed by atoms with E-state index >= 15 is 0 Å². The highest BCUT2D eigenvalue weighted by Crippen LogP contribution is 2.17. The number of aliphatic carboxylic acids is 1. The zero-order chi connectivity index (χ0) is 19.2. The molecule has 144 valence electrons. The quantitative estimate of drug-likeness (QED) is 0.663. The van der Waals surface area contributed by atoms with Crippen molar-refractivity contribution in [3.8, 4) is 0 Å². The molecule has 0 radical (unpaired) electrons. The van der Waals surface area contributed by atoms with Crippen molar-refractivity contribution in [2.24, 2.45) is 0 Å². The van der Waals surface area contributed by atoms with Crippen LogP contribution in [0.5, 0.6) is 0 Å². The van der Waals surface area contributed by atoms with Gasteiger partial charge in [0.05, 0.1) is 4.90 Å². The molecule has 1 fully saturated rings. The van der Waals surface area contributed by atoms with E-state index in [4.69, 9.17) is 5.11 Å². The lowest BCUT2D eigenvalue weighted by molar-refractivity contribution is -0.137. The standard InChI is InChI=1S/C17H23FN2O5S/c18-13-5-3-7-15(11-13)26(24,25)19-14-6-4-10-20(12-14)16(21)8-1-2-9-17(22)23/h3,5,7,11,14,19H,1-2,4,6,8-10,12H2,(H,22,23). The van der Waals surface area contributed by atoms with Crippen molar-refractivity contribution in [2.45, 2.75) is 49.5 Å². The number of carboxylic acids is 1. The van der Waals surface area contributed by atoms with Crippen LogP contribution >= 0.6 is 0 Å². The van der Waals surface area contributed by atoms with Gasteiger partial charge in [-0.05, 0) is 43.9 Å². The number of piperidine rings is 1. The van der Waals surface area contributed by atoms with Crippen LogP contribution in [0, 0.1) is 5.82 Å². The van der Waals surface area contributed by atoms with Gasteiger partial charge in [0.15, 0.2) is 0 Å². The lowest BCUT2D eigenvalue weighted by Crippen LogP contribution is -2.49. The lowest BCUT2D eigenvalue weighted by Gasteiger charge is -2.33. The number of halogens is 1. The topological polar surface area (TPSA) is 104 Å². The van der Waals surface area contributed by atoms with E-state index in [0.29, 0.717) is 32.2 Å². The summed E-state index contributed by atoms with van der Waals surface area (Å²) in [6, 6.07) is 4.35. The largest absolute Gasteiger partial charge is 0.481 e. The van der Waals surface area contributed by atoms with Crippen LogP contribution in [0.25, 0.3) is 0 Å². The third-order valence-electron chi connectivity index (χ3n) is 4.23. The van der Waals surface area contributed by atoms with E-state index in [0.717, 1.165) is 6.07 Å². The molecule has 0 aliphatic carbocycles. The second kappa shape index (κ2) is 9.09. The first-order chi connectivity index (χ1) is 12.3. The molecule has 2 rings (SSSR count). The predicted molar refractivity (Wildman–Crippen MR) is 92.4 cm³/mol. The molecule has 1 aromatic rings. The first-order valence-electron chi connectivity index (χ1n) is 8.55. The number of sulfonamides is 1. The van der Waals surface area contributed by atoms with Crippen molar-refractivity contribution < 1.29 is 27.5 Å². The van der Waals surface area contributed by atoms with Crippen molar-refractivity contribution in [3.63, 3.8) is 0 Å². The Hall–Kier alpha value is -2.00. The maximum atomic E-state index is 13.3. The molecule has 2 N–H and O–H groups in total. The average molecular weight is 386 g/mol. The molecule has 0 spiro atoms. The second-order valence-corrected chi connectivity index (χ2v) is 8.07. The molecule has 1 aliphatic rings. The molecule has 1 amide bonds. The molecule has 0 bridgehead atoms. The van der Waals surface area contributed by atoms with Crippen LogP contribution in [-0.4, -0.2) is 49.4 Å². The number of nitrogens with zero attached hydrogens (tertiary/aromatic N) is 1. The van der Waals surface area contributed by atoms with Gasteiger partial charge in [-0.15, -0.1) is 0 Å². The first-order valence-corrected chi connectivity index (χ1v) is 10.0. The molecular formula is C17H23FN2O5S. The Morgan fingerprint density at radius 1 is 1.27 bits per heavy atom. The molecule has 0 saturated carbocycles. The molecule has 1 saturated heterocycles. The fourth-order valence-electron chi connectivity index (χ4n) is 2.93.